The van der Waals surface area contributed by atoms with Crippen LogP contribution in [-0.4, -0.2) is 22.4 Å². The summed E-state index contributed by atoms with van der Waals surface area (Å²) in [5, 5.41) is 3.12. The molecule has 1 aromatic heterocycles. The lowest BCUT2D eigenvalue weighted by Gasteiger charge is -2.23. The summed E-state index contributed by atoms with van der Waals surface area (Å²) in [5.41, 5.74) is 3.96. The minimum absolute atomic E-state index is 0.00682. The zero-order valence-electron chi connectivity index (χ0n) is 15.2. The van der Waals surface area contributed by atoms with Crippen LogP contribution in [0.5, 0.6) is 0 Å². The van der Waals surface area contributed by atoms with Crippen LogP contribution in [0.4, 0.5) is 0 Å². The van der Waals surface area contributed by atoms with Crippen LogP contribution in [0.15, 0.2) is 48.5 Å². The van der Waals surface area contributed by atoms with Gasteiger partial charge in [-0.1, -0.05) is 50.1 Å². The van der Waals surface area contributed by atoms with E-state index in [1.54, 1.807) is 0 Å². The number of aromatic nitrogens is 2. The maximum Gasteiger partial charge on any atom is 0.251 e. The van der Waals surface area contributed by atoms with Crippen molar-refractivity contribution >= 4 is 16.9 Å². The van der Waals surface area contributed by atoms with Crippen LogP contribution >= 0.6 is 0 Å². The van der Waals surface area contributed by atoms with Crippen molar-refractivity contribution in [1.29, 1.82) is 0 Å². The molecule has 2 N–H and O–H groups in total. The molecule has 1 fully saturated rings. The first-order chi connectivity index (χ1) is 12.6. The monoisotopic (exact) mass is 347 g/mol. The van der Waals surface area contributed by atoms with E-state index in [-0.39, 0.29) is 11.3 Å². The van der Waals surface area contributed by atoms with Gasteiger partial charge in [-0.15, -0.1) is 0 Å². The van der Waals surface area contributed by atoms with Crippen molar-refractivity contribution in [3.63, 3.8) is 0 Å². The predicted octanol–water partition coefficient (Wildman–Crippen LogP) is 4.46. The van der Waals surface area contributed by atoms with Gasteiger partial charge in [0.05, 0.1) is 11.0 Å². The molecule has 0 saturated heterocycles. The third-order valence-electron chi connectivity index (χ3n) is 5.50. The van der Waals surface area contributed by atoms with Gasteiger partial charge in [-0.2, -0.15) is 0 Å². The Morgan fingerprint density at radius 1 is 1.15 bits per heavy atom. The van der Waals surface area contributed by atoms with Gasteiger partial charge in [0.1, 0.15) is 5.82 Å². The molecule has 0 aliphatic heterocycles. The summed E-state index contributed by atoms with van der Waals surface area (Å²) < 4.78 is 0. The molecule has 0 bridgehead atoms. The molecule has 4 heteroatoms. The number of hydrogen-bond acceptors (Lipinski definition) is 2. The van der Waals surface area contributed by atoms with Crippen LogP contribution in [0, 0.1) is 5.41 Å². The van der Waals surface area contributed by atoms with Gasteiger partial charge in [0, 0.05) is 18.5 Å². The number of nitrogens with zero attached hydrogens (tertiary/aromatic N) is 1. The number of fused-ring (bicyclic) bond motifs is 1. The Kier molecular flexibility index (Phi) is 4.49. The Bertz CT molecular complexity index is 908. The summed E-state index contributed by atoms with van der Waals surface area (Å²) >= 11 is 0. The van der Waals surface area contributed by atoms with Gasteiger partial charge in [0.25, 0.3) is 5.91 Å². The molecule has 1 aliphatic rings. The average molecular weight is 347 g/mol. The van der Waals surface area contributed by atoms with Gasteiger partial charge < -0.3 is 10.3 Å². The van der Waals surface area contributed by atoms with Crippen molar-refractivity contribution in [2.24, 2.45) is 5.41 Å². The number of H-pyrrole nitrogens is 1. The zero-order chi connectivity index (χ0) is 18.0. The van der Waals surface area contributed by atoms with Crippen molar-refractivity contribution in [2.45, 2.75) is 39.0 Å². The lowest BCUT2D eigenvalue weighted by Crippen LogP contribution is -2.34. The average Bonchev–Trinajstić information content (AvgIpc) is 3.26. The number of benzene rings is 2. The summed E-state index contributed by atoms with van der Waals surface area (Å²) in [6.07, 6.45) is 5.71. The lowest BCUT2D eigenvalue weighted by atomic mass is 9.89. The molecule has 26 heavy (non-hydrogen) atoms. The Hall–Kier alpha value is -2.62. The van der Waals surface area contributed by atoms with E-state index >= 15 is 0 Å². The topological polar surface area (TPSA) is 57.8 Å². The van der Waals surface area contributed by atoms with Crippen molar-refractivity contribution in [1.82, 2.24) is 15.3 Å². The maximum atomic E-state index is 12.5. The molecule has 0 spiro atoms. The quantitative estimate of drug-likeness (QED) is 0.716. The van der Waals surface area contributed by atoms with E-state index in [1.165, 1.54) is 31.2 Å². The summed E-state index contributed by atoms with van der Waals surface area (Å²) in [6.45, 7) is 3.02. The van der Waals surface area contributed by atoms with E-state index in [4.69, 9.17) is 0 Å². The number of amides is 1. The Labute approximate surface area is 154 Å². The maximum absolute atomic E-state index is 12.5. The van der Waals surface area contributed by atoms with Gasteiger partial charge in [-0.3, -0.25) is 4.79 Å². The van der Waals surface area contributed by atoms with Crippen molar-refractivity contribution in [2.75, 3.05) is 6.54 Å². The molecule has 4 nitrogen and oxygen atoms in total. The Morgan fingerprint density at radius 3 is 2.69 bits per heavy atom. The van der Waals surface area contributed by atoms with E-state index in [1.807, 2.05) is 36.4 Å². The van der Waals surface area contributed by atoms with E-state index in [2.05, 4.69) is 34.3 Å². The van der Waals surface area contributed by atoms with Crippen LogP contribution in [0.2, 0.25) is 0 Å². The molecular formula is C22H25N3O. The van der Waals surface area contributed by atoms with Gasteiger partial charge in [0.15, 0.2) is 0 Å². The van der Waals surface area contributed by atoms with E-state index in [0.717, 1.165) is 29.8 Å². The van der Waals surface area contributed by atoms with Crippen LogP contribution in [0.3, 0.4) is 0 Å². The minimum Gasteiger partial charge on any atom is -0.351 e. The molecule has 1 heterocycles. The molecule has 0 radical (unpaired) electrons. The largest absolute Gasteiger partial charge is 0.351 e. The highest BCUT2D eigenvalue weighted by atomic mass is 16.1. The predicted molar refractivity (Wildman–Crippen MR) is 104 cm³/mol. The first-order valence-electron chi connectivity index (χ1n) is 9.42. The lowest BCUT2D eigenvalue weighted by molar-refractivity contribution is 0.0934. The van der Waals surface area contributed by atoms with Crippen LogP contribution < -0.4 is 5.32 Å². The van der Waals surface area contributed by atoms with E-state index in [9.17, 15) is 4.79 Å². The molecule has 0 atom stereocenters. The second-order valence-electron chi connectivity index (χ2n) is 7.78. The van der Waals surface area contributed by atoms with Gasteiger partial charge in [0.2, 0.25) is 0 Å². The fraction of sp³-hybridized carbons (Fsp3) is 0.364. The number of aromatic amines is 1. The van der Waals surface area contributed by atoms with Crippen molar-refractivity contribution in [3.05, 3.63) is 65.5 Å². The highest BCUT2D eigenvalue weighted by Gasteiger charge is 2.29. The molecule has 1 saturated carbocycles. The first-order valence-corrected chi connectivity index (χ1v) is 9.42. The third-order valence-corrected chi connectivity index (χ3v) is 5.50. The molecule has 3 aromatic rings. The molecule has 2 aromatic carbocycles. The standard InChI is InChI=1S/C22H25N3O/c1-22(11-5-6-12-22)15-23-21(26)17-9-10-18-19(14-17)25-20(24-18)13-16-7-3-2-4-8-16/h2-4,7-10,14H,5-6,11-13,15H2,1H3,(H,23,26)(H,24,25). The zero-order valence-corrected chi connectivity index (χ0v) is 15.2. The van der Waals surface area contributed by atoms with Crippen molar-refractivity contribution < 1.29 is 4.79 Å². The van der Waals surface area contributed by atoms with Crippen molar-refractivity contribution in [3.8, 4) is 0 Å². The summed E-state index contributed by atoms with van der Waals surface area (Å²) in [6, 6.07) is 16.0. The summed E-state index contributed by atoms with van der Waals surface area (Å²) in [4.78, 5) is 20.6. The molecular weight excluding hydrogens is 322 g/mol. The number of carbonyl (C=O) groups is 1. The Balaban J connectivity index is 1.47. The second-order valence-corrected chi connectivity index (χ2v) is 7.78. The fourth-order valence-electron chi connectivity index (χ4n) is 3.87. The number of rotatable bonds is 5. The normalized spacial score (nSPS) is 16.0. The molecule has 134 valence electrons. The molecule has 4 rings (SSSR count). The third kappa shape index (κ3) is 3.64. The second kappa shape index (κ2) is 6.94. The molecule has 0 unspecified atom stereocenters. The fourth-order valence-corrected chi connectivity index (χ4v) is 3.87. The Morgan fingerprint density at radius 2 is 1.92 bits per heavy atom. The smallest absolute Gasteiger partial charge is 0.251 e. The number of nitrogens with one attached hydrogen (secondary N) is 2. The highest BCUT2D eigenvalue weighted by Crippen LogP contribution is 2.36. The van der Waals surface area contributed by atoms with Gasteiger partial charge in [-0.05, 0) is 42.0 Å². The van der Waals surface area contributed by atoms with Crippen LogP contribution in [0.1, 0.15) is 54.4 Å². The number of carbonyl (C=O) groups excluding carboxylic acids is 1. The van der Waals surface area contributed by atoms with E-state index < -0.39 is 0 Å². The summed E-state index contributed by atoms with van der Waals surface area (Å²) in [7, 11) is 0. The summed E-state index contributed by atoms with van der Waals surface area (Å²) in [5.74, 6) is 0.912. The van der Waals surface area contributed by atoms with E-state index in [0.29, 0.717) is 5.56 Å². The number of imidazole rings is 1. The first kappa shape index (κ1) is 16.8. The molecule has 1 amide bonds. The van der Waals surface area contributed by atoms with Crippen LogP contribution in [-0.2, 0) is 6.42 Å². The SMILES string of the molecule is CC1(CNC(=O)c2ccc3[nH]c(Cc4ccccc4)nc3c2)CCCC1. The van der Waals surface area contributed by atoms with Gasteiger partial charge in [-0.25, -0.2) is 4.98 Å². The minimum atomic E-state index is -0.00682. The highest BCUT2D eigenvalue weighted by molar-refractivity contribution is 5.97. The molecule has 1 aliphatic carbocycles. The van der Waals surface area contributed by atoms with Crippen LogP contribution in [0.25, 0.3) is 11.0 Å². The van der Waals surface area contributed by atoms with Gasteiger partial charge >= 0.3 is 0 Å². The number of hydrogen-bond donors (Lipinski definition) is 2.